The van der Waals surface area contributed by atoms with Gasteiger partial charge in [-0.25, -0.2) is 4.98 Å². The van der Waals surface area contributed by atoms with Crippen LogP contribution >= 0.6 is 0 Å². The molecule has 204 valence electrons. The zero-order valence-corrected chi connectivity index (χ0v) is 22.9. The molecule has 0 saturated carbocycles. The lowest BCUT2D eigenvalue weighted by atomic mass is 9.96. The average molecular weight is 522 g/mol. The van der Waals surface area contributed by atoms with Crippen LogP contribution in [-0.2, 0) is 12.8 Å². The second-order valence-electron chi connectivity index (χ2n) is 9.76. The van der Waals surface area contributed by atoms with Crippen molar-refractivity contribution in [2.75, 3.05) is 51.0 Å². The molecule has 0 radical (unpaired) electrons. The molecule has 2 aromatic carbocycles. The number of anilines is 2. The summed E-state index contributed by atoms with van der Waals surface area (Å²) in [6.45, 7) is 6.53. The first-order valence-corrected chi connectivity index (χ1v) is 13.5. The van der Waals surface area contributed by atoms with E-state index in [0.717, 1.165) is 49.7 Å². The molecule has 9 nitrogen and oxygen atoms in total. The van der Waals surface area contributed by atoms with Crippen LogP contribution in [0.1, 0.15) is 61.0 Å². The maximum Gasteiger partial charge on any atom is 0.253 e. The Bertz CT molecular complexity index is 1260. The number of fused-ring (bicyclic) bond motifs is 1. The number of aromatic nitrogens is 2. The second-order valence-corrected chi connectivity index (χ2v) is 9.76. The SMILES string of the molecule is CCCCc1cc(C(=O)N2CCN(c3nc(N)c4cc(OC)c(OC)cc4n3)CC2)cc(CCCC)c1O. The van der Waals surface area contributed by atoms with Crippen LogP contribution in [0.4, 0.5) is 11.8 Å². The highest BCUT2D eigenvalue weighted by molar-refractivity contribution is 5.95. The van der Waals surface area contributed by atoms with Gasteiger partial charge in [0.25, 0.3) is 5.91 Å². The van der Waals surface area contributed by atoms with Crippen molar-refractivity contribution in [3.05, 3.63) is 41.0 Å². The number of amides is 1. The number of aryl methyl sites for hydroxylation is 2. The van der Waals surface area contributed by atoms with E-state index in [1.807, 2.05) is 21.9 Å². The number of carbonyl (C=O) groups excluding carboxylic acids is 1. The molecule has 0 atom stereocenters. The van der Waals surface area contributed by atoms with E-state index in [-0.39, 0.29) is 5.91 Å². The third-order valence-corrected chi connectivity index (χ3v) is 7.18. The van der Waals surface area contributed by atoms with Crippen molar-refractivity contribution in [1.82, 2.24) is 14.9 Å². The van der Waals surface area contributed by atoms with E-state index in [0.29, 0.717) is 71.7 Å². The van der Waals surface area contributed by atoms with E-state index in [2.05, 4.69) is 18.8 Å². The molecule has 1 amide bonds. The summed E-state index contributed by atoms with van der Waals surface area (Å²) in [6.07, 6.45) is 5.56. The minimum Gasteiger partial charge on any atom is -0.507 e. The molecule has 1 fully saturated rings. The zero-order chi connectivity index (χ0) is 27.2. The summed E-state index contributed by atoms with van der Waals surface area (Å²) in [5.41, 5.74) is 9.35. The monoisotopic (exact) mass is 521 g/mol. The van der Waals surface area contributed by atoms with Crippen LogP contribution in [-0.4, -0.2) is 66.3 Å². The summed E-state index contributed by atoms with van der Waals surface area (Å²) < 4.78 is 10.8. The summed E-state index contributed by atoms with van der Waals surface area (Å²) >= 11 is 0. The number of aromatic hydroxyl groups is 1. The molecular weight excluding hydrogens is 482 g/mol. The Morgan fingerprint density at radius 2 is 1.50 bits per heavy atom. The normalized spacial score (nSPS) is 13.7. The fourth-order valence-corrected chi connectivity index (χ4v) is 4.90. The summed E-state index contributed by atoms with van der Waals surface area (Å²) in [5.74, 6) is 2.39. The number of rotatable bonds is 10. The topological polar surface area (TPSA) is 114 Å². The molecule has 3 aromatic rings. The van der Waals surface area contributed by atoms with Crippen molar-refractivity contribution >= 4 is 28.6 Å². The minimum absolute atomic E-state index is 0.00378. The number of hydrogen-bond donors (Lipinski definition) is 2. The van der Waals surface area contributed by atoms with E-state index in [9.17, 15) is 9.90 Å². The number of phenols is 1. The van der Waals surface area contributed by atoms with Gasteiger partial charge in [0.05, 0.1) is 19.7 Å². The van der Waals surface area contributed by atoms with E-state index >= 15 is 0 Å². The summed E-state index contributed by atoms with van der Waals surface area (Å²) in [7, 11) is 3.16. The predicted octanol–water partition coefficient (Wildman–Crippen LogP) is 4.58. The molecule has 1 saturated heterocycles. The molecule has 1 aliphatic rings. The van der Waals surface area contributed by atoms with Crippen LogP contribution in [0.5, 0.6) is 17.2 Å². The fourth-order valence-electron chi connectivity index (χ4n) is 4.90. The number of piperazine rings is 1. The van der Waals surface area contributed by atoms with Crippen LogP contribution in [0.25, 0.3) is 10.9 Å². The van der Waals surface area contributed by atoms with Crippen LogP contribution in [0.2, 0.25) is 0 Å². The highest BCUT2D eigenvalue weighted by atomic mass is 16.5. The molecule has 0 aliphatic carbocycles. The Morgan fingerprint density at radius 3 is 2.05 bits per heavy atom. The van der Waals surface area contributed by atoms with Gasteiger partial charge in [-0.1, -0.05) is 26.7 Å². The van der Waals surface area contributed by atoms with Crippen molar-refractivity contribution in [2.24, 2.45) is 0 Å². The van der Waals surface area contributed by atoms with E-state index in [4.69, 9.17) is 20.2 Å². The molecule has 3 N–H and O–H groups in total. The number of ether oxygens (including phenoxy) is 2. The highest BCUT2D eigenvalue weighted by Gasteiger charge is 2.26. The number of methoxy groups -OCH3 is 2. The van der Waals surface area contributed by atoms with Crippen LogP contribution in [0.3, 0.4) is 0 Å². The lowest BCUT2D eigenvalue weighted by molar-refractivity contribution is 0.0746. The zero-order valence-electron chi connectivity index (χ0n) is 22.9. The van der Waals surface area contributed by atoms with Gasteiger partial charge < -0.3 is 30.1 Å². The second kappa shape index (κ2) is 12.2. The molecular formula is C29H39N5O4. The van der Waals surface area contributed by atoms with Crippen molar-refractivity contribution in [3.8, 4) is 17.2 Å². The quantitative estimate of drug-likeness (QED) is 0.398. The van der Waals surface area contributed by atoms with Gasteiger partial charge >= 0.3 is 0 Å². The number of unbranched alkanes of at least 4 members (excludes halogenated alkanes) is 2. The number of nitrogen functional groups attached to an aromatic ring is 1. The maximum absolute atomic E-state index is 13.5. The molecule has 0 spiro atoms. The van der Waals surface area contributed by atoms with Gasteiger partial charge in [0.15, 0.2) is 11.5 Å². The van der Waals surface area contributed by atoms with Gasteiger partial charge in [-0.15, -0.1) is 0 Å². The summed E-state index contributed by atoms with van der Waals surface area (Å²) in [4.78, 5) is 26.7. The molecule has 2 heterocycles. The smallest absolute Gasteiger partial charge is 0.253 e. The van der Waals surface area contributed by atoms with Crippen LogP contribution in [0.15, 0.2) is 24.3 Å². The standard InChI is InChI=1S/C29H39N5O4/c1-5-7-9-19-15-21(16-20(26(19)35)10-8-6-2)28(36)33-11-13-34(14-12-33)29-31-23-18-25(38-4)24(37-3)17-22(23)27(30)32-29/h15-18,35H,5-14H2,1-4H3,(H2,30,31,32). The van der Waals surface area contributed by atoms with Crippen molar-refractivity contribution in [2.45, 2.75) is 52.4 Å². The minimum atomic E-state index is -0.00378. The lowest BCUT2D eigenvalue weighted by Gasteiger charge is -2.35. The lowest BCUT2D eigenvalue weighted by Crippen LogP contribution is -2.49. The first kappa shape index (κ1) is 27.3. The third kappa shape index (κ3) is 5.71. The van der Waals surface area contributed by atoms with E-state index < -0.39 is 0 Å². The van der Waals surface area contributed by atoms with Crippen molar-refractivity contribution in [1.29, 1.82) is 0 Å². The van der Waals surface area contributed by atoms with Gasteiger partial charge in [0.1, 0.15) is 11.6 Å². The van der Waals surface area contributed by atoms with Gasteiger partial charge in [0.2, 0.25) is 5.95 Å². The first-order chi connectivity index (χ1) is 18.4. The highest BCUT2D eigenvalue weighted by Crippen LogP contribution is 2.34. The number of hydrogen-bond acceptors (Lipinski definition) is 8. The first-order valence-electron chi connectivity index (χ1n) is 13.5. The van der Waals surface area contributed by atoms with Gasteiger partial charge in [-0.05, 0) is 55.0 Å². The largest absolute Gasteiger partial charge is 0.507 e. The Hall–Kier alpha value is -3.75. The van der Waals surface area contributed by atoms with Gasteiger partial charge in [0, 0.05) is 43.2 Å². The maximum atomic E-state index is 13.5. The van der Waals surface area contributed by atoms with Crippen molar-refractivity contribution < 1.29 is 19.4 Å². The van der Waals surface area contributed by atoms with Crippen LogP contribution in [0, 0.1) is 0 Å². The Labute approximate surface area is 224 Å². The molecule has 1 aromatic heterocycles. The van der Waals surface area contributed by atoms with Gasteiger partial charge in [-0.2, -0.15) is 4.98 Å². The van der Waals surface area contributed by atoms with Crippen LogP contribution < -0.4 is 20.1 Å². The molecule has 0 bridgehead atoms. The number of nitrogens with two attached hydrogens (primary N) is 1. The number of nitrogens with zero attached hydrogens (tertiary/aromatic N) is 4. The van der Waals surface area contributed by atoms with E-state index in [1.54, 1.807) is 26.4 Å². The Kier molecular flexibility index (Phi) is 8.76. The Morgan fingerprint density at radius 1 is 0.921 bits per heavy atom. The molecule has 4 rings (SSSR count). The fraction of sp³-hybridized carbons (Fsp3) is 0.483. The number of phenolic OH excluding ortho intramolecular Hbond substituents is 1. The Balaban J connectivity index is 1.52. The van der Waals surface area contributed by atoms with E-state index in [1.165, 1.54) is 0 Å². The average Bonchev–Trinajstić information content (AvgIpc) is 2.94. The summed E-state index contributed by atoms with van der Waals surface area (Å²) in [5, 5.41) is 11.5. The van der Waals surface area contributed by atoms with Gasteiger partial charge in [-0.3, -0.25) is 4.79 Å². The van der Waals surface area contributed by atoms with Crippen molar-refractivity contribution in [3.63, 3.8) is 0 Å². The third-order valence-electron chi connectivity index (χ3n) is 7.18. The number of carbonyl (C=O) groups is 1. The molecule has 9 heteroatoms. The molecule has 1 aliphatic heterocycles. The predicted molar refractivity (Wildman–Crippen MR) is 151 cm³/mol. The molecule has 0 unspecified atom stereocenters. The summed E-state index contributed by atoms with van der Waals surface area (Å²) in [6, 6.07) is 7.34. The molecule has 38 heavy (non-hydrogen) atoms. The number of benzene rings is 2.